The maximum atomic E-state index is 12.3. The molecule has 5 heteroatoms. The van der Waals surface area contributed by atoms with E-state index in [4.69, 9.17) is 4.74 Å². The van der Waals surface area contributed by atoms with Gasteiger partial charge in [-0.3, -0.25) is 4.79 Å². The topological polar surface area (TPSA) is 54.5 Å². The number of rotatable bonds is 6. The van der Waals surface area contributed by atoms with Gasteiger partial charge < -0.3 is 15.0 Å². The third-order valence-electron chi connectivity index (χ3n) is 4.12. The number of hydrogen-bond donors (Lipinski definition) is 1. The molecule has 0 radical (unpaired) electrons. The third kappa shape index (κ3) is 4.04. The highest BCUT2D eigenvalue weighted by Gasteiger charge is 2.13. The van der Waals surface area contributed by atoms with E-state index in [1.54, 1.807) is 12.1 Å². The van der Waals surface area contributed by atoms with Crippen LogP contribution in [-0.4, -0.2) is 30.6 Å². The zero-order valence-corrected chi connectivity index (χ0v) is 14.0. The molecule has 1 aromatic heterocycles. The highest BCUT2D eigenvalue weighted by atomic mass is 16.5. The highest BCUT2D eigenvalue weighted by molar-refractivity contribution is 5.94. The molecule has 1 aliphatic rings. The number of carbonyl (C=O) groups is 1. The van der Waals surface area contributed by atoms with Crippen LogP contribution in [0.25, 0.3) is 0 Å². The van der Waals surface area contributed by atoms with Gasteiger partial charge in [0.25, 0.3) is 5.91 Å². The molecule has 0 atom stereocenters. The van der Waals surface area contributed by atoms with Gasteiger partial charge in [0.1, 0.15) is 11.6 Å². The first-order valence-electron chi connectivity index (χ1n) is 8.47. The van der Waals surface area contributed by atoms with Gasteiger partial charge in [-0.05, 0) is 61.7 Å². The van der Waals surface area contributed by atoms with E-state index in [9.17, 15) is 4.79 Å². The normalized spacial score (nSPS) is 13.8. The standard InChI is InChI=1S/C19H23N3O2/c1-2-24-17-7-5-16(6-8-17)19(23)21-14-15-9-10-20-18(13-15)22-11-3-4-12-22/h5-10,13H,2-4,11-12,14H2,1H3,(H,21,23). The van der Waals surface area contributed by atoms with Crippen molar-refractivity contribution in [3.63, 3.8) is 0 Å². The molecule has 126 valence electrons. The number of nitrogens with one attached hydrogen (secondary N) is 1. The summed E-state index contributed by atoms with van der Waals surface area (Å²) in [4.78, 5) is 19.0. The van der Waals surface area contributed by atoms with E-state index in [1.807, 2.05) is 31.3 Å². The number of anilines is 1. The smallest absolute Gasteiger partial charge is 0.251 e. The minimum absolute atomic E-state index is 0.0856. The van der Waals surface area contributed by atoms with Crippen molar-refractivity contribution in [1.29, 1.82) is 0 Å². The van der Waals surface area contributed by atoms with Crippen molar-refractivity contribution in [2.45, 2.75) is 26.3 Å². The number of amides is 1. The molecule has 1 aliphatic heterocycles. The Bertz CT molecular complexity index is 679. The molecule has 1 amide bonds. The van der Waals surface area contributed by atoms with Crippen LogP contribution in [-0.2, 0) is 6.54 Å². The van der Waals surface area contributed by atoms with Crippen LogP contribution >= 0.6 is 0 Å². The van der Waals surface area contributed by atoms with Crippen LogP contribution in [0.4, 0.5) is 5.82 Å². The molecule has 0 spiro atoms. The fourth-order valence-corrected chi connectivity index (χ4v) is 2.84. The van der Waals surface area contributed by atoms with Crippen molar-refractivity contribution >= 4 is 11.7 Å². The number of carbonyl (C=O) groups excluding carboxylic acids is 1. The molecule has 0 aliphatic carbocycles. The summed E-state index contributed by atoms with van der Waals surface area (Å²) in [6, 6.07) is 11.2. The Kier molecular flexibility index (Phi) is 5.31. The number of pyridine rings is 1. The molecular formula is C19H23N3O2. The summed E-state index contributed by atoms with van der Waals surface area (Å²) in [6.45, 7) is 5.18. The Labute approximate surface area is 142 Å². The molecule has 24 heavy (non-hydrogen) atoms. The van der Waals surface area contributed by atoms with E-state index >= 15 is 0 Å². The van der Waals surface area contributed by atoms with Gasteiger partial charge in [0.05, 0.1) is 6.61 Å². The summed E-state index contributed by atoms with van der Waals surface area (Å²) < 4.78 is 5.39. The van der Waals surface area contributed by atoms with Crippen LogP contribution in [0.3, 0.4) is 0 Å². The Morgan fingerprint density at radius 3 is 2.67 bits per heavy atom. The van der Waals surface area contributed by atoms with Gasteiger partial charge in [0.15, 0.2) is 0 Å². The Morgan fingerprint density at radius 2 is 1.96 bits per heavy atom. The lowest BCUT2D eigenvalue weighted by Crippen LogP contribution is -2.23. The molecule has 3 rings (SSSR count). The largest absolute Gasteiger partial charge is 0.494 e. The molecule has 1 aromatic carbocycles. The van der Waals surface area contributed by atoms with Crippen LogP contribution in [0, 0.1) is 0 Å². The average Bonchev–Trinajstić information content (AvgIpc) is 3.16. The second-order valence-corrected chi connectivity index (χ2v) is 5.86. The first kappa shape index (κ1) is 16.3. The molecular weight excluding hydrogens is 302 g/mol. The van der Waals surface area contributed by atoms with Crippen LogP contribution < -0.4 is 15.0 Å². The summed E-state index contributed by atoms with van der Waals surface area (Å²) >= 11 is 0. The van der Waals surface area contributed by atoms with E-state index in [2.05, 4.69) is 21.3 Å². The van der Waals surface area contributed by atoms with Gasteiger partial charge >= 0.3 is 0 Å². The van der Waals surface area contributed by atoms with Crippen molar-refractivity contribution in [2.24, 2.45) is 0 Å². The highest BCUT2D eigenvalue weighted by Crippen LogP contribution is 2.18. The third-order valence-corrected chi connectivity index (χ3v) is 4.12. The zero-order valence-electron chi connectivity index (χ0n) is 14.0. The van der Waals surface area contributed by atoms with Crippen LogP contribution in [0.2, 0.25) is 0 Å². The predicted octanol–water partition coefficient (Wildman–Crippen LogP) is 3.01. The van der Waals surface area contributed by atoms with Crippen LogP contribution in [0.15, 0.2) is 42.6 Å². The van der Waals surface area contributed by atoms with E-state index in [0.717, 1.165) is 30.2 Å². The lowest BCUT2D eigenvalue weighted by molar-refractivity contribution is 0.0951. The summed E-state index contributed by atoms with van der Waals surface area (Å²) in [5, 5.41) is 2.96. The molecule has 2 aromatic rings. The van der Waals surface area contributed by atoms with Gasteiger partial charge in [-0.2, -0.15) is 0 Å². The zero-order chi connectivity index (χ0) is 16.8. The Balaban J connectivity index is 1.58. The number of hydrogen-bond acceptors (Lipinski definition) is 4. The van der Waals surface area contributed by atoms with Crippen molar-refractivity contribution in [3.05, 3.63) is 53.7 Å². The van der Waals surface area contributed by atoms with Crippen LogP contribution in [0.5, 0.6) is 5.75 Å². The average molecular weight is 325 g/mol. The minimum Gasteiger partial charge on any atom is -0.494 e. The van der Waals surface area contributed by atoms with E-state index in [0.29, 0.717) is 18.7 Å². The Morgan fingerprint density at radius 1 is 1.21 bits per heavy atom. The molecule has 2 heterocycles. The summed E-state index contributed by atoms with van der Waals surface area (Å²) in [5.74, 6) is 1.69. The lowest BCUT2D eigenvalue weighted by atomic mass is 10.2. The van der Waals surface area contributed by atoms with E-state index < -0.39 is 0 Å². The second kappa shape index (κ2) is 7.81. The fraction of sp³-hybridized carbons (Fsp3) is 0.368. The van der Waals surface area contributed by atoms with Crippen molar-refractivity contribution < 1.29 is 9.53 Å². The molecule has 0 unspecified atom stereocenters. The van der Waals surface area contributed by atoms with E-state index in [-0.39, 0.29) is 5.91 Å². The molecule has 0 saturated carbocycles. The minimum atomic E-state index is -0.0856. The molecule has 1 fully saturated rings. The molecule has 0 bridgehead atoms. The van der Waals surface area contributed by atoms with E-state index in [1.165, 1.54) is 12.8 Å². The summed E-state index contributed by atoms with van der Waals surface area (Å²) in [6.07, 6.45) is 4.26. The van der Waals surface area contributed by atoms with Crippen molar-refractivity contribution in [2.75, 3.05) is 24.6 Å². The molecule has 1 saturated heterocycles. The first-order chi connectivity index (χ1) is 11.8. The first-order valence-corrected chi connectivity index (χ1v) is 8.47. The number of ether oxygens (including phenoxy) is 1. The van der Waals surface area contributed by atoms with Crippen LogP contribution in [0.1, 0.15) is 35.7 Å². The monoisotopic (exact) mass is 325 g/mol. The van der Waals surface area contributed by atoms with Crippen molar-refractivity contribution in [3.8, 4) is 5.75 Å². The lowest BCUT2D eigenvalue weighted by Gasteiger charge is -2.17. The van der Waals surface area contributed by atoms with Gasteiger partial charge in [-0.15, -0.1) is 0 Å². The molecule has 5 nitrogen and oxygen atoms in total. The second-order valence-electron chi connectivity index (χ2n) is 5.86. The fourth-order valence-electron chi connectivity index (χ4n) is 2.84. The van der Waals surface area contributed by atoms with Gasteiger partial charge in [0, 0.05) is 31.4 Å². The summed E-state index contributed by atoms with van der Waals surface area (Å²) in [7, 11) is 0. The Hall–Kier alpha value is -2.56. The summed E-state index contributed by atoms with van der Waals surface area (Å²) in [5.41, 5.74) is 1.69. The SMILES string of the molecule is CCOc1ccc(C(=O)NCc2ccnc(N3CCCC3)c2)cc1. The maximum Gasteiger partial charge on any atom is 0.251 e. The quantitative estimate of drug-likeness (QED) is 0.887. The number of aromatic nitrogens is 1. The van der Waals surface area contributed by atoms with Gasteiger partial charge in [-0.25, -0.2) is 4.98 Å². The maximum absolute atomic E-state index is 12.3. The molecule has 1 N–H and O–H groups in total. The predicted molar refractivity (Wildman–Crippen MR) is 94.5 cm³/mol. The van der Waals surface area contributed by atoms with Gasteiger partial charge in [-0.1, -0.05) is 0 Å². The van der Waals surface area contributed by atoms with Gasteiger partial charge in [0.2, 0.25) is 0 Å². The van der Waals surface area contributed by atoms with Crippen molar-refractivity contribution in [1.82, 2.24) is 10.3 Å². The number of benzene rings is 1. The number of nitrogens with zero attached hydrogens (tertiary/aromatic N) is 2.